The first kappa shape index (κ1) is 74.6. The van der Waals surface area contributed by atoms with E-state index in [0.29, 0.717) is 11.5 Å². The maximum absolute atomic E-state index is 12.5. The number of fused-ring (bicyclic) bond motifs is 6. The zero-order valence-corrected chi connectivity index (χ0v) is 52.8. The van der Waals surface area contributed by atoms with Gasteiger partial charge in [-0.25, -0.2) is 0 Å². The molecule has 0 aliphatic rings. The quantitative estimate of drug-likeness (QED) is 0.0805. The average Bonchev–Trinajstić information content (AvgIpc) is 2.43. The molecule has 0 heterocycles. The summed E-state index contributed by atoms with van der Waals surface area (Å²) in [5.41, 5.74) is 2.47. The highest BCUT2D eigenvalue weighted by atomic mass is 16.5. The largest absolute Gasteiger partial charge is 0.426 e. The van der Waals surface area contributed by atoms with Crippen LogP contribution in [0.3, 0.4) is 0 Å². The Labute approximate surface area is 507 Å². The SMILES string of the molecule is C.C.CC.CC.CCC(C)(C)C(=O)Oc1c2ccccc2cc2ccccc12.CCC(C)(C)C(=O)Oc1ccc2ccccc2c1.CCC(C)(C)c1c2ccccc2cc2ccccc12.CCC(C)(C)c1ccc2ccccc2c1.CO.CO. The third-order valence-electron chi connectivity index (χ3n) is 15.5. The summed E-state index contributed by atoms with van der Waals surface area (Å²) in [6.45, 7) is 33.4. The fourth-order valence-corrected chi connectivity index (χ4v) is 8.81. The molecular formula is C78H104O6. The third kappa shape index (κ3) is 19.3. The molecule has 6 nitrogen and oxygen atoms in total. The highest BCUT2D eigenvalue weighted by molar-refractivity contribution is 6.07. The van der Waals surface area contributed by atoms with E-state index in [-0.39, 0.29) is 37.6 Å². The van der Waals surface area contributed by atoms with Crippen molar-refractivity contribution < 1.29 is 29.3 Å². The minimum absolute atomic E-state index is 0. The second-order valence-corrected chi connectivity index (χ2v) is 22.1. The molecular weight excluding hydrogens is 1030 g/mol. The number of ether oxygens (including phenoxy) is 2. The lowest BCUT2D eigenvalue weighted by atomic mass is 9.77. The molecule has 84 heavy (non-hydrogen) atoms. The van der Waals surface area contributed by atoms with Gasteiger partial charge in [-0.15, -0.1) is 0 Å². The van der Waals surface area contributed by atoms with Gasteiger partial charge in [-0.2, -0.15) is 0 Å². The van der Waals surface area contributed by atoms with Crippen LogP contribution in [0.2, 0.25) is 0 Å². The van der Waals surface area contributed by atoms with Crippen molar-refractivity contribution in [3.05, 3.63) is 205 Å². The number of aliphatic hydroxyl groups excluding tert-OH is 2. The van der Waals surface area contributed by atoms with Gasteiger partial charge < -0.3 is 19.7 Å². The van der Waals surface area contributed by atoms with E-state index in [1.54, 1.807) is 0 Å². The molecule has 0 fully saturated rings. The Hall–Kier alpha value is -7.38. The fraction of sp³-hybridized carbons (Fsp3) is 0.359. The average molecular weight is 1140 g/mol. The molecule has 0 radical (unpaired) electrons. The normalized spacial score (nSPS) is 10.7. The van der Waals surface area contributed by atoms with Crippen LogP contribution in [0.1, 0.15) is 162 Å². The first-order valence-corrected chi connectivity index (χ1v) is 29.5. The van der Waals surface area contributed by atoms with E-state index in [1.165, 1.54) is 49.9 Å². The van der Waals surface area contributed by atoms with E-state index in [9.17, 15) is 9.59 Å². The minimum Gasteiger partial charge on any atom is -0.426 e. The van der Waals surface area contributed by atoms with Crippen molar-refractivity contribution in [2.75, 3.05) is 14.2 Å². The van der Waals surface area contributed by atoms with E-state index < -0.39 is 10.8 Å². The van der Waals surface area contributed by atoms with Crippen LogP contribution >= 0.6 is 0 Å². The molecule has 10 aromatic rings. The molecule has 10 aromatic carbocycles. The molecule has 6 heteroatoms. The van der Waals surface area contributed by atoms with E-state index in [2.05, 4.69) is 145 Å². The molecule has 0 atom stereocenters. The van der Waals surface area contributed by atoms with Gasteiger partial charge in [0.25, 0.3) is 0 Å². The fourth-order valence-electron chi connectivity index (χ4n) is 8.81. The maximum atomic E-state index is 12.5. The molecule has 0 unspecified atom stereocenters. The molecule has 0 bridgehead atoms. The van der Waals surface area contributed by atoms with Gasteiger partial charge in [-0.3, -0.25) is 9.59 Å². The zero-order valence-electron chi connectivity index (χ0n) is 52.8. The molecule has 0 saturated heterocycles. The lowest BCUT2D eigenvalue weighted by Crippen LogP contribution is -2.28. The molecule has 0 aliphatic heterocycles. The lowest BCUT2D eigenvalue weighted by molar-refractivity contribution is -0.144. The van der Waals surface area contributed by atoms with Crippen LogP contribution < -0.4 is 9.47 Å². The molecule has 2 N–H and O–H groups in total. The van der Waals surface area contributed by atoms with Crippen molar-refractivity contribution in [2.24, 2.45) is 10.8 Å². The van der Waals surface area contributed by atoms with Crippen LogP contribution in [0, 0.1) is 10.8 Å². The predicted molar refractivity (Wildman–Crippen MR) is 369 cm³/mol. The topological polar surface area (TPSA) is 93.1 Å². The number of hydrogen-bond donors (Lipinski definition) is 2. The van der Waals surface area contributed by atoms with Crippen LogP contribution in [0.25, 0.3) is 64.6 Å². The van der Waals surface area contributed by atoms with E-state index in [4.69, 9.17) is 19.7 Å². The molecule has 0 saturated carbocycles. The number of carbonyl (C=O) groups excluding carboxylic acids is 2. The first-order valence-electron chi connectivity index (χ1n) is 29.5. The second-order valence-electron chi connectivity index (χ2n) is 22.1. The van der Waals surface area contributed by atoms with Crippen molar-refractivity contribution in [1.29, 1.82) is 0 Å². The molecule has 0 aromatic heterocycles. The Morgan fingerprint density at radius 1 is 0.345 bits per heavy atom. The summed E-state index contributed by atoms with van der Waals surface area (Å²) in [5, 5.41) is 28.5. The third-order valence-corrected chi connectivity index (χ3v) is 15.5. The van der Waals surface area contributed by atoms with Gasteiger partial charge in [0.1, 0.15) is 11.5 Å². The van der Waals surface area contributed by atoms with Crippen LogP contribution in [-0.4, -0.2) is 36.4 Å². The number of aliphatic hydroxyl groups is 2. The number of carbonyl (C=O) groups is 2. The number of rotatable bonds is 10. The van der Waals surface area contributed by atoms with E-state index >= 15 is 0 Å². The van der Waals surface area contributed by atoms with Crippen LogP contribution in [0.15, 0.2) is 194 Å². The second kappa shape index (κ2) is 35.7. The highest BCUT2D eigenvalue weighted by Crippen LogP contribution is 2.40. The van der Waals surface area contributed by atoms with Crippen LogP contribution in [-0.2, 0) is 20.4 Å². The zero-order chi connectivity index (χ0) is 61.3. The molecule has 0 aliphatic carbocycles. The first-order chi connectivity index (χ1) is 39.3. The van der Waals surface area contributed by atoms with Crippen LogP contribution in [0.4, 0.5) is 0 Å². The molecule has 0 spiro atoms. The van der Waals surface area contributed by atoms with Crippen molar-refractivity contribution in [3.8, 4) is 11.5 Å². The van der Waals surface area contributed by atoms with Gasteiger partial charge in [0, 0.05) is 25.0 Å². The molecule has 0 amide bonds. The van der Waals surface area contributed by atoms with E-state index in [0.717, 1.165) is 65.8 Å². The van der Waals surface area contributed by atoms with Crippen molar-refractivity contribution in [3.63, 3.8) is 0 Å². The Bertz CT molecular complexity index is 3460. The maximum Gasteiger partial charge on any atom is 0.316 e. The van der Waals surface area contributed by atoms with Gasteiger partial charge in [-0.1, -0.05) is 268 Å². The van der Waals surface area contributed by atoms with Gasteiger partial charge in [-0.05, 0) is 153 Å². The molecule has 452 valence electrons. The summed E-state index contributed by atoms with van der Waals surface area (Å²) < 4.78 is 11.3. The predicted octanol–water partition coefficient (Wildman–Crippen LogP) is 22.3. The van der Waals surface area contributed by atoms with Crippen molar-refractivity contribution in [1.82, 2.24) is 0 Å². The summed E-state index contributed by atoms with van der Waals surface area (Å²) in [4.78, 5) is 24.5. The number of esters is 2. The summed E-state index contributed by atoms with van der Waals surface area (Å²) in [7, 11) is 2.00. The monoisotopic (exact) mass is 1140 g/mol. The summed E-state index contributed by atoms with van der Waals surface area (Å²) in [5.74, 6) is 0.914. The van der Waals surface area contributed by atoms with Crippen molar-refractivity contribution in [2.45, 2.75) is 162 Å². The van der Waals surface area contributed by atoms with Gasteiger partial charge in [0.2, 0.25) is 0 Å². The Morgan fingerprint density at radius 3 is 1.04 bits per heavy atom. The Kier molecular flexibility index (Phi) is 31.7. The molecule has 10 rings (SSSR count). The standard InChI is InChI=1S/C20H20O2.C19H20.C16H18O2.C15H18.2C2H6.2CH4O.2CH4/c1-4-20(2,3)19(21)22-18-16-11-7-5-9-14(16)13-15-10-6-8-12-17(15)18;1-4-19(2,3)18-16-11-7-5-9-14(16)13-15-10-6-8-12-17(15)18;1-4-16(2,3)15(17)18-14-10-9-12-7-5-6-8-13(12)11-14;1-4-15(2,3)14-10-9-12-7-5-6-8-13(12)11-14;4*1-2;;/h5-13H,4H2,1-3H3;5-13H,4H2,1-3H3;5-11H,4H2,1-3H3;5-11H,4H2,1-3H3;2*1-2H3;2*2H,1H3;2*1H4. The summed E-state index contributed by atoms with van der Waals surface area (Å²) >= 11 is 0. The minimum atomic E-state index is -0.488. The van der Waals surface area contributed by atoms with Gasteiger partial charge >= 0.3 is 11.9 Å². The van der Waals surface area contributed by atoms with Gasteiger partial charge in [0.05, 0.1) is 10.8 Å². The van der Waals surface area contributed by atoms with Crippen LogP contribution in [0.5, 0.6) is 11.5 Å². The smallest absolute Gasteiger partial charge is 0.316 e. The van der Waals surface area contributed by atoms with E-state index in [1.807, 2.05) is 160 Å². The van der Waals surface area contributed by atoms with Crippen molar-refractivity contribution >= 4 is 76.6 Å². The number of hydrogen-bond acceptors (Lipinski definition) is 6. The summed E-state index contributed by atoms with van der Waals surface area (Å²) in [6, 6.07) is 67.0. The van der Waals surface area contributed by atoms with Gasteiger partial charge in [0.15, 0.2) is 0 Å². The Balaban J connectivity index is 0.000000537. The summed E-state index contributed by atoms with van der Waals surface area (Å²) in [6.07, 6.45) is 3.82. The lowest BCUT2D eigenvalue weighted by Gasteiger charge is -2.27. The highest BCUT2D eigenvalue weighted by Gasteiger charge is 2.30. The number of benzene rings is 10. The Morgan fingerprint density at radius 2 is 0.655 bits per heavy atom.